The van der Waals surface area contributed by atoms with Gasteiger partial charge in [-0.05, 0) is 32.0 Å². The molecule has 0 aliphatic carbocycles. The molecule has 0 radical (unpaired) electrons. The summed E-state index contributed by atoms with van der Waals surface area (Å²) in [6.45, 7) is 4.07. The van der Waals surface area contributed by atoms with E-state index >= 15 is 0 Å². The molecule has 6 nitrogen and oxygen atoms in total. The number of hydrogen-bond donors (Lipinski definition) is 2. The number of carbonyl (C=O) groups excluding carboxylic acids is 1. The molecule has 6 heteroatoms. The monoisotopic (exact) mass is 295 g/mol. The zero-order chi connectivity index (χ0) is 15.8. The number of carboxylic acids is 1. The Labute approximate surface area is 124 Å². The molecule has 1 aromatic carbocycles. The van der Waals surface area contributed by atoms with Crippen molar-refractivity contribution in [2.75, 3.05) is 20.3 Å². The summed E-state index contributed by atoms with van der Waals surface area (Å²) in [5, 5.41) is 11.6. The van der Waals surface area contributed by atoms with Gasteiger partial charge in [0.25, 0.3) is 5.91 Å². The predicted octanol–water partition coefficient (Wildman–Crippen LogP) is 1.55. The molecule has 0 saturated heterocycles. The lowest BCUT2D eigenvalue weighted by Gasteiger charge is -2.18. The van der Waals surface area contributed by atoms with Crippen molar-refractivity contribution in [3.63, 3.8) is 0 Å². The van der Waals surface area contributed by atoms with Gasteiger partial charge in [-0.15, -0.1) is 0 Å². The minimum absolute atomic E-state index is 0.326. The maximum Gasteiger partial charge on any atom is 0.308 e. The maximum atomic E-state index is 12.1. The number of carbonyl (C=O) groups is 2. The summed E-state index contributed by atoms with van der Waals surface area (Å²) in [6.07, 6.45) is 0. The Balaban J connectivity index is 2.65. The first-order chi connectivity index (χ1) is 9.95. The van der Waals surface area contributed by atoms with Crippen molar-refractivity contribution in [1.82, 2.24) is 5.32 Å². The lowest BCUT2D eigenvalue weighted by Crippen LogP contribution is -2.40. The predicted molar refractivity (Wildman–Crippen MR) is 77.5 cm³/mol. The van der Waals surface area contributed by atoms with Crippen molar-refractivity contribution in [2.24, 2.45) is 5.92 Å². The highest BCUT2D eigenvalue weighted by Gasteiger charge is 2.21. The Morgan fingerprint density at radius 1 is 1.29 bits per heavy atom. The largest absolute Gasteiger partial charge is 0.491 e. The molecule has 0 heterocycles. The SMILES string of the molecule is COCCOc1cccc(C(=O)NC(C)C(C)C(=O)O)c1. The van der Waals surface area contributed by atoms with Crippen LogP contribution in [0.1, 0.15) is 24.2 Å². The van der Waals surface area contributed by atoms with Crippen molar-refractivity contribution < 1.29 is 24.2 Å². The Kier molecular flexibility index (Phi) is 6.68. The number of methoxy groups -OCH3 is 1. The number of carboxylic acid groups (broad SMARTS) is 1. The Morgan fingerprint density at radius 3 is 2.62 bits per heavy atom. The standard InChI is InChI=1S/C15H21NO5/c1-10(15(18)19)11(2)16-14(17)12-5-4-6-13(9-12)21-8-7-20-3/h4-6,9-11H,7-8H2,1-3H3,(H,16,17)(H,18,19). The van der Waals surface area contributed by atoms with Crippen LogP contribution in [0.5, 0.6) is 5.75 Å². The van der Waals surface area contributed by atoms with Crippen LogP contribution < -0.4 is 10.1 Å². The number of hydrogen-bond acceptors (Lipinski definition) is 4. The highest BCUT2D eigenvalue weighted by Crippen LogP contribution is 2.14. The topological polar surface area (TPSA) is 84.9 Å². The van der Waals surface area contributed by atoms with E-state index in [0.29, 0.717) is 24.5 Å². The van der Waals surface area contributed by atoms with Gasteiger partial charge in [0.2, 0.25) is 0 Å². The van der Waals surface area contributed by atoms with Crippen LogP contribution >= 0.6 is 0 Å². The van der Waals surface area contributed by atoms with Crippen LogP contribution in [0.25, 0.3) is 0 Å². The fraction of sp³-hybridized carbons (Fsp3) is 0.467. The first-order valence-electron chi connectivity index (χ1n) is 6.71. The molecule has 1 amide bonds. The average Bonchev–Trinajstić information content (AvgIpc) is 2.46. The second kappa shape index (κ2) is 8.26. The fourth-order valence-corrected chi connectivity index (χ4v) is 1.60. The number of aliphatic carboxylic acids is 1. The van der Waals surface area contributed by atoms with Gasteiger partial charge in [0.1, 0.15) is 12.4 Å². The molecule has 0 spiro atoms. The summed E-state index contributed by atoms with van der Waals surface area (Å²) in [4.78, 5) is 23.0. The smallest absolute Gasteiger partial charge is 0.308 e. The van der Waals surface area contributed by atoms with Crippen molar-refractivity contribution >= 4 is 11.9 Å². The van der Waals surface area contributed by atoms with Crippen LogP contribution in [-0.4, -0.2) is 43.3 Å². The van der Waals surface area contributed by atoms with E-state index in [2.05, 4.69) is 5.32 Å². The van der Waals surface area contributed by atoms with Gasteiger partial charge in [-0.2, -0.15) is 0 Å². The third kappa shape index (κ3) is 5.43. The average molecular weight is 295 g/mol. The van der Waals surface area contributed by atoms with Gasteiger partial charge in [-0.3, -0.25) is 9.59 Å². The van der Waals surface area contributed by atoms with Gasteiger partial charge >= 0.3 is 5.97 Å². The van der Waals surface area contributed by atoms with Gasteiger partial charge in [-0.25, -0.2) is 0 Å². The normalized spacial score (nSPS) is 13.3. The lowest BCUT2D eigenvalue weighted by atomic mass is 10.0. The molecule has 1 rings (SSSR count). The van der Waals surface area contributed by atoms with E-state index in [1.54, 1.807) is 45.2 Å². The van der Waals surface area contributed by atoms with Crippen LogP contribution in [0.3, 0.4) is 0 Å². The van der Waals surface area contributed by atoms with Crippen molar-refractivity contribution in [2.45, 2.75) is 19.9 Å². The van der Waals surface area contributed by atoms with Crippen molar-refractivity contribution in [3.05, 3.63) is 29.8 Å². The maximum absolute atomic E-state index is 12.1. The molecule has 0 fully saturated rings. The zero-order valence-corrected chi connectivity index (χ0v) is 12.5. The minimum Gasteiger partial charge on any atom is -0.491 e. The van der Waals surface area contributed by atoms with E-state index < -0.39 is 17.9 Å². The summed E-state index contributed by atoms with van der Waals surface area (Å²) in [5.74, 6) is -1.36. The van der Waals surface area contributed by atoms with Gasteiger partial charge in [0, 0.05) is 18.7 Å². The molecule has 2 N–H and O–H groups in total. The van der Waals surface area contributed by atoms with Gasteiger partial charge < -0.3 is 19.9 Å². The molecule has 0 aliphatic heterocycles. The summed E-state index contributed by atoms with van der Waals surface area (Å²) in [5.41, 5.74) is 0.425. The molecule has 2 unspecified atom stereocenters. The van der Waals surface area contributed by atoms with Gasteiger partial charge in [0.05, 0.1) is 12.5 Å². The summed E-state index contributed by atoms with van der Waals surface area (Å²) in [7, 11) is 1.58. The van der Waals surface area contributed by atoms with Gasteiger partial charge in [-0.1, -0.05) is 6.07 Å². The first-order valence-corrected chi connectivity index (χ1v) is 6.71. The van der Waals surface area contributed by atoms with E-state index in [4.69, 9.17) is 14.6 Å². The molecule has 0 aliphatic rings. The van der Waals surface area contributed by atoms with E-state index in [0.717, 1.165) is 0 Å². The fourth-order valence-electron chi connectivity index (χ4n) is 1.60. The van der Waals surface area contributed by atoms with Crippen molar-refractivity contribution in [3.8, 4) is 5.75 Å². The van der Waals surface area contributed by atoms with Crippen LogP contribution in [-0.2, 0) is 9.53 Å². The molecule has 0 saturated carbocycles. The quantitative estimate of drug-likeness (QED) is 0.711. The molecule has 0 aromatic heterocycles. The molecular formula is C15H21NO5. The third-order valence-electron chi connectivity index (χ3n) is 3.15. The Bertz CT molecular complexity index is 489. The van der Waals surface area contributed by atoms with E-state index in [1.807, 2.05) is 0 Å². The molecule has 0 bridgehead atoms. The Hall–Kier alpha value is -2.08. The molecule has 21 heavy (non-hydrogen) atoms. The summed E-state index contributed by atoms with van der Waals surface area (Å²) >= 11 is 0. The van der Waals surface area contributed by atoms with Crippen LogP contribution in [0.2, 0.25) is 0 Å². The minimum atomic E-state index is -0.945. The van der Waals surface area contributed by atoms with Crippen LogP contribution in [0, 0.1) is 5.92 Å². The second-order valence-electron chi connectivity index (χ2n) is 4.76. The number of rotatable bonds is 8. The highest BCUT2D eigenvalue weighted by molar-refractivity contribution is 5.95. The second-order valence-corrected chi connectivity index (χ2v) is 4.76. The number of benzene rings is 1. The number of nitrogens with one attached hydrogen (secondary N) is 1. The Morgan fingerprint density at radius 2 is 2.00 bits per heavy atom. The lowest BCUT2D eigenvalue weighted by molar-refractivity contribution is -0.141. The summed E-state index contributed by atoms with van der Waals surface area (Å²) in [6, 6.07) is 6.26. The number of ether oxygens (including phenoxy) is 2. The number of amides is 1. The molecular weight excluding hydrogens is 274 g/mol. The van der Waals surface area contributed by atoms with E-state index in [1.165, 1.54) is 0 Å². The van der Waals surface area contributed by atoms with E-state index in [-0.39, 0.29) is 5.91 Å². The molecule has 2 atom stereocenters. The zero-order valence-electron chi connectivity index (χ0n) is 12.5. The first kappa shape index (κ1) is 17.0. The third-order valence-corrected chi connectivity index (χ3v) is 3.15. The summed E-state index contributed by atoms with van der Waals surface area (Å²) < 4.78 is 10.3. The van der Waals surface area contributed by atoms with Crippen LogP contribution in [0.15, 0.2) is 24.3 Å². The highest BCUT2D eigenvalue weighted by atomic mass is 16.5. The van der Waals surface area contributed by atoms with Crippen molar-refractivity contribution in [1.29, 1.82) is 0 Å². The van der Waals surface area contributed by atoms with E-state index in [9.17, 15) is 9.59 Å². The van der Waals surface area contributed by atoms with Gasteiger partial charge in [0.15, 0.2) is 0 Å². The molecule has 116 valence electrons. The van der Waals surface area contributed by atoms with Crippen LogP contribution in [0.4, 0.5) is 0 Å². The molecule has 1 aromatic rings.